The van der Waals surface area contributed by atoms with Gasteiger partial charge >= 0.3 is 5.97 Å². The van der Waals surface area contributed by atoms with Crippen LogP contribution in [0.1, 0.15) is 58.7 Å². The molecule has 2 saturated heterocycles. The number of fused-ring (bicyclic) bond motifs is 1. The quantitative estimate of drug-likeness (QED) is 0.267. The number of carbonyl (C=O) groups is 1. The maximum Gasteiger partial charge on any atom is 0.356 e. The second-order valence-electron chi connectivity index (χ2n) is 11.4. The molecule has 0 unspecified atom stereocenters. The number of nitrogens with one attached hydrogen (secondary N) is 1. The first kappa shape index (κ1) is 28.2. The van der Waals surface area contributed by atoms with Gasteiger partial charge in [-0.25, -0.2) is 19.7 Å². The minimum absolute atomic E-state index is 0.100. The molecule has 2 aliphatic heterocycles. The third-order valence-electron chi connectivity index (χ3n) is 8.47. The summed E-state index contributed by atoms with van der Waals surface area (Å²) < 4.78 is 0. The van der Waals surface area contributed by atoms with Gasteiger partial charge in [-0.05, 0) is 74.7 Å². The standard InChI is InChI=1S/C32H29ClN8O2/c1-19-13-23(20(2)36-24-7-8-27(33)38-29(24)31(42)43)28-25(14-19)37-26(16-35)30(39-28)41-17-32(18-41)9-11-40(12-10-32)22-5-3-21(15-34)4-6-22/h3-8,13-14,20,36H,9-12,17-18H2,1-2H3,(H,42,43)/t20-/m1/s1. The van der Waals surface area contributed by atoms with E-state index in [0.29, 0.717) is 33.8 Å². The summed E-state index contributed by atoms with van der Waals surface area (Å²) in [6, 6.07) is 18.9. The first-order valence-electron chi connectivity index (χ1n) is 14.1. The van der Waals surface area contributed by atoms with Crippen LogP contribution in [0.3, 0.4) is 0 Å². The van der Waals surface area contributed by atoms with E-state index in [9.17, 15) is 15.2 Å². The molecule has 0 amide bonds. The number of hydrogen-bond acceptors (Lipinski definition) is 9. The molecule has 1 spiro atoms. The van der Waals surface area contributed by atoms with Crippen LogP contribution in [0.15, 0.2) is 48.5 Å². The maximum absolute atomic E-state index is 11.8. The lowest BCUT2D eigenvalue weighted by atomic mass is 9.72. The van der Waals surface area contributed by atoms with Crippen LogP contribution in [0, 0.1) is 35.0 Å². The Morgan fingerprint density at radius 2 is 1.74 bits per heavy atom. The summed E-state index contributed by atoms with van der Waals surface area (Å²) in [6.07, 6.45) is 2.05. The van der Waals surface area contributed by atoms with E-state index in [1.807, 2.05) is 50.2 Å². The van der Waals surface area contributed by atoms with Crippen LogP contribution in [-0.4, -0.2) is 52.2 Å². The number of nitrogens with zero attached hydrogens (tertiary/aromatic N) is 7. The Balaban J connectivity index is 1.24. The fraction of sp³-hybridized carbons (Fsp3) is 0.312. The Bertz CT molecular complexity index is 1810. The predicted octanol–water partition coefficient (Wildman–Crippen LogP) is 5.71. The molecular formula is C32H29ClN8O2. The SMILES string of the molecule is Cc1cc([C@@H](C)Nc2ccc(Cl)nc2C(=O)O)c2nc(N3CC4(CCN(c5ccc(C#N)cc5)CC4)C3)c(C#N)nc2c1. The van der Waals surface area contributed by atoms with Gasteiger partial charge < -0.3 is 20.2 Å². The summed E-state index contributed by atoms with van der Waals surface area (Å²) in [7, 11) is 0. The average Bonchev–Trinajstić information content (AvgIpc) is 2.99. The number of carboxylic acid groups (broad SMARTS) is 1. The van der Waals surface area contributed by atoms with Crippen LogP contribution >= 0.6 is 11.6 Å². The molecule has 2 aliphatic rings. The van der Waals surface area contributed by atoms with Crippen molar-refractivity contribution in [3.8, 4) is 12.1 Å². The summed E-state index contributed by atoms with van der Waals surface area (Å²) in [6.45, 7) is 7.34. The highest BCUT2D eigenvalue weighted by molar-refractivity contribution is 6.29. The van der Waals surface area contributed by atoms with Gasteiger partial charge in [-0.1, -0.05) is 17.7 Å². The van der Waals surface area contributed by atoms with E-state index in [-0.39, 0.29) is 22.3 Å². The van der Waals surface area contributed by atoms with Crippen molar-refractivity contribution in [1.29, 1.82) is 10.5 Å². The second kappa shape index (κ2) is 11.0. The highest BCUT2D eigenvalue weighted by Crippen LogP contribution is 2.44. The van der Waals surface area contributed by atoms with Crippen molar-refractivity contribution in [2.45, 2.75) is 32.7 Å². The highest BCUT2D eigenvalue weighted by Gasteiger charge is 2.46. The average molecular weight is 593 g/mol. The maximum atomic E-state index is 11.8. The molecule has 216 valence electrons. The van der Waals surface area contributed by atoms with Crippen LogP contribution in [0.4, 0.5) is 17.2 Å². The zero-order chi connectivity index (χ0) is 30.3. The monoisotopic (exact) mass is 592 g/mol. The fourth-order valence-corrected chi connectivity index (χ4v) is 6.34. The van der Waals surface area contributed by atoms with Crippen molar-refractivity contribution in [2.75, 3.05) is 41.3 Å². The van der Waals surface area contributed by atoms with Gasteiger partial charge in [-0.2, -0.15) is 10.5 Å². The number of aromatic carboxylic acids is 1. The lowest BCUT2D eigenvalue weighted by Crippen LogP contribution is -2.61. The molecule has 11 heteroatoms. The van der Waals surface area contributed by atoms with Crippen LogP contribution in [-0.2, 0) is 0 Å². The van der Waals surface area contributed by atoms with E-state index in [4.69, 9.17) is 26.8 Å². The second-order valence-corrected chi connectivity index (χ2v) is 11.8. The Labute approximate surface area is 254 Å². The number of rotatable bonds is 6. The van der Waals surface area contributed by atoms with E-state index in [1.54, 1.807) is 12.1 Å². The van der Waals surface area contributed by atoms with Gasteiger partial charge in [0.2, 0.25) is 0 Å². The summed E-state index contributed by atoms with van der Waals surface area (Å²) >= 11 is 5.94. The molecular weight excluding hydrogens is 564 g/mol. The number of hydrogen-bond donors (Lipinski definition) is 2. The van der Waals surface area contributed by atoms with E-state index in [0.717, 1.165) is 55.8 Å². The molecule has 2 aromatic carbocycles. The predicted molar refractivity (Wildman–Crippen MR) is 164 cm³/mol. The van der Waals surface area contributed by atoms with E-state index < -0.39 is 5.97 Å². The molecule has 43 heavy (non-hydrogen) atoms. The summed E-state index contributed by atoms with van der Waals surface area (Å²) in [5.74, 6) is -0.603. The van der Waals surface area contributed by atoms with E-state index >= 15 is 0 Å². The number of aromatic nitrogens is 3. The lowest BCUT2D eigenvalue weighted by molar-refractivity contribution is 0.0691. The first-order chi connectivity index (χ1) is 20.7. The molecule has 2 N–H and O–H groups in total. The molecule has 10 nitrogen and oxygen atoms in total. The van der Waals surface area contributed by atoms with E-state index in [1.165, 1.54) is 0 Å². The van der Waals surface area contributed by atoms with Crippen LogP contribution in [0.2, 0.25) is 5.15 Å². The zero-order valence-corrected chi connectivity index (χ0v) is 24.6. The molecule has 2 fully saturated rings. The van der Waals surface area contributed by atoms with Crippen molar-refractivity contribution in [3.05, 3.63) is 81.8 Å². The summed E-state index contributed by atoms with van der Waals surface area (Å²) in [4.78, 5) is 30.0. The molecule has 0 radical (unpaired) electrons. The third-order valence-corrected chi connectivity index (χ3v) is 8.68. The molecule has 4 aromatic rings. The Kier molecular flexibility index (Phi) is 7.25. The molecule has 0 bridgehead atoms. The fourth-order valence-electron chi connectivity index (χ4n) is 6.19. The van der Waals surface area contributed by atoms with Gasteiger partial charge in [-0.15, -0.1) is 0 Å². The van der Waals surface area contributed by atoms with Crippen molar-refractivity contribution in [3.63, 3.8) is 0 Å². The van der Waals surface area contributed by atoms with Gasteiger partial charge in [0.1, 0.15) is 11.2 Å². The van der Waals surface area contributed by atoms with Crippen molar-refractivity contribution >= 4 is 45.8 Å². The van der Waals surface area contributed by atoms with Crippen LogP contribution in [0.5, 0.6) is 0 Å². The van der Waals surface area contributed by atoms with Crippen molar-refractivity contribution in [2.24, 2.45) is 5.41 Å². The first-order valence-corrected chi connectivity index (χ1v) is 14.5. The molecule has 0 aliphatic carbocycles. The smallest absolute Gasteiger partial charge is 0.356 e. The van der Waals surface area contributed by atoms with Crippen molar-refractivity contribution < 1.29 is 9.90 Å². The minimum Gasteiger partial charge on any atom is -0.476 e. The van der Waals surface area contributed by atoms with Gasteiger partial charge in [0, 0.05) is 42.8 Å². The number of carboxylic acids is 1. The summed E-state index contributed by atoms with van der Waals surface area (Å²) in [5, 5.41) is 32.1. The zero-order valence-electron chi connectivity index (χ0n) is 23.8. The normalized spacial score (nSPS) is 16.3. The number of halogens is 1. The number of pyridine rings is 1. The molecule has 4 heterocycles. The van der Waals surface area contributed by atoms with Crippen LogP contribution in [0.25, 0.3) is 11.0 Å². The molecule has 1 atom stereocenters. The lowest BCUT2D eigenvalue weighted by Gasteiger charge is -2.54. The largest absolute Gasteiger partial charge is 0.476 e. The van der Waals surface area contributed by atoms with Gasteiger partial charge in [0.05, 0.1) is 34.4 Å². The highest BCUT2D eigenvalue weighted by atomic mass is 35.5. The number of nitriles is 2. The Hall–Kier alpha value is -4.93. The number of benzene rings is 2. The topological polar surface area (TPSA) is 142 Å². The van der Waals surface area contributed by atoms with Crippen molar-refractivity contribution in [1.82, 2.24) is 15.0 Å². The van der Waals surface area contributed by atoms with Gasteiger partial charge in [0.25, 0.3) is 0 Å². The number of anilines is 3. The minimum atomic E-state index is -1.18. The Morgan fingerprint density at radius 3 is 2.40 bits per heavy atom. The molecule has 0 saturated carbocycles. The molecule has 2 aromatic heterocycles. The number of piperidine rings is 1. The third kappa shape index (κ3) is 5.38. The van der Waals surface area contributed by atoms with Crippen LogP contribution < -0.4 is 15.1 Å². The molecule has 6 rings (SSSR count). The van der Waals surface area contributed by atoms with Gasteiger partial charge in [0.15, 0.2) is 17.2 Å². The van der Waals surface area contributed by atoms with E-state index in [2.05, 4.69) is 32.2 Å². The van der Waals surface area contributed by atoms with Gasteiger partial charge in [-0.3, -0.25) is 0 Å². The summed E-state index contributed by atoms with van der Waals surface area (Å²) in [5.41, 5.74) is 5.50. The number of aryl methyl sites for hydroxylation is 1. The Morgan fingerprint density at radius 1 is 1.02 bits per heavy atom.